The van der Waals surface area contributed by atoms with Crippen LogP contribution in [0.15, 0.2) is 48.5 Å². The molecule has 1 fully saturated rings. The van der Waals surface area contributed by atoms with Crippen LogP contribution in [0.4, 0.5) is 0 Å². The third-order valence-corrected chi connectivity index (χ3v) is 6.09. The predicted molar refractivity (Wildman–Crippen MR) is 121 cm³/mol. The highest BCUT2D eigenvalue weighted by atomic mass is 16.5. The maximum absolute atomic E-state index is 10.0. The van der Waals surface area contributed by atoms with Crippen LogP contribution in [0, 0.1) is 6.92 Å². The smallest absolute Gasteiger partial charge is 0.109 e. The number of aliphatic hydroxyl groups is 4. The number of likely N-dealkylation sites (tertiary alicyclic amines) is 1. The number of unbranched alkanes of at least 4 members (excludes halogenated alkanes) is 2. The molecule has 4 atom stereocenters. The van der Waals surface area contributed by atoms with E-state index in [1.807, 2.05) is 11.0 Å². The van der Waals surface area contributed by atoms with Crippen molar-refractivity contribution in [3.63, 3.8) is 0 Å². The highest BCUT2D eigenvalue weighted by molar-refractivity contribution is 5.67. The predicted octanol–water partition coefficient (Wildman–Crippen LogP) is 2.11. The molecule has 170 valence electrons. The second-order valence-corrected chi connectivity index (χ2v) is 8.42. The fourth-order valence-corrected chi connectivity index (χ4v) is 4.28. The van der Waals surface area contributed by atoms with Crippen molar-refractivity contribution in [2.45, 2.75) is 57.1 Å². The van der Waals surface area contributed by atoms with Crippen molar-refractivity contribution in [3.05, 3.63) is 59.7 Å². The third-order valence-electron chi connectivity index (χ3n) is 6.09. The van der Waals surface area contributed by atoms with Crippen LogP contribution in [-0.4, -0.2) is 76.0 Å². The van der Waals surface area contributed by atoms with Gasteiger partial charge >= 0.3 is 0 Å². The van der Waals surface area contributed by atoms with Gasteiger partial charge in [-0.15, -0.1) is 0 Å². The Bertz CT molecular complexity index is 800. The van der Waals surface area contributed by atoms with Crippen molar-refractivity contribution in [1.29, 1.82) is 0 Å². The molecule has 0 radical (unpaired) electrons. The largest absolute Gasteiger partial charge is 0.395 e. The summed E-state index contributed by atoms with van der Waals surface area (Å²) in [7, 11) is 0. The topological polar surface area (TPSA) is 93.4 Å². The summed E-state index contributed by atoms with van der Waals surface area (Å²) in [6, 6.07) is 16.3. The van der Waals surface area contributed by atoms with Crippen molar-refractivity contribution >= 4 is 0 Å². The molecular weight excluding hydrogens is 394 g/mol. The maximum Gasteiger partial charge on any atom is 0.109 e. The van der Waals surface area contributed by atoms with Gasteiger partial charge in [0.05, 0.1) is 25.4 Å². The summed E-state index contributed by atoms with van der Waals surface area (Å²) in [5.41, 5.74) is 4.87. The van der Waals surface area contributed by atoms with E-state index in [4.69, 9.17) is 4.74 Å². The molecule has 0 bridgehead atoms. The van der Waals surface area contributed by atoms with Crippen molar-refractivity contribution in [3.8, 4) is 11.1 Å². The molecule has 0 amide bonds. The van der Waals surface area contributed by atoms with Crippen LogP contribution in [0.2, 0.25) is 0 Å². The van der Waals surface area contributed by atoms with Crippen LogP contribution in [0.1, 0.15) is 30.4 Å². The van der Waals surface area contributed by atoms with Gasteiger partial charge in [0.15, 0.2) is 0 Å². The molecule has 0 aromatic heterocycles. The lowest BCUT2D eigenvalue weighted by Gasteiger charge is -2.43. The van der Waals surface area contributed by atoms with Crippen molar-refractivity contribution < 1.29 is 25.2 Å². The second-order valence-electron chi connectivity index (χ2n) is 8.42. The third kappa shape index (κ3) is 6.35. The Kier molecular flexibility index (Phi) is 9.02. The summed E-state index contributed by atoms with van der Waals surface area (Å²) in [5.74, 6) is 0. The van der Waals surface area contributed by atoms with Gasteiger partial charge in [-0.05, 0) is 55.0 Å². The first-order valence-electron chi connectivity index (χ1n) is 11.1. The SMILES string of the molecule is Cc1cc(COCCCCCN2C[C@H](O)[C@@H](O)[C@H](O)[C@H]2CO)ccc1-c1ccccc1. The Hall–Kier alpha value is -1.80. The number of hydrogen-bond donors (Lipinski definition) is 4. The van der Waals surface area contributed by atoms with Gasteiger partial charge in [-0.2, -0.15) is 0 Å². The average Bonchev–Trinajstić information content (AvgIpc) is 2.77. The lowest BCUT2D eigenvalue weighted by molar-refractivity contribution is -0.145. The number of aliphatic hydroxyl groups excluding tert-OH is 4. The molecule has 0 unspecified atom stereocenters. The van der Waals surface area contributed by atoms with E-state index in [1.54, 1.807) is 0 Å². The van der Waals surface area contributed by atoms with Gasteiger partial charge in [0, 0.05) is 13.2 Å². The van der Waals surface area contributed by atoms with Gasteiger partial charge in [-0.25, -0.2) is 0 Å². The van der Waals surface area contributed by atoms with E-state index in [2.05, 4.69) is 49.4 Å². The van der Waals surface area contributed by atoms with Crippen LogP contribution in [0.3, 0.4) is 0 Å². The number of hydrogen-bond acceptors (Lipinski definition) is 6. The van der Waals surface area contributed by atoms with Gasteiger partial charge in [-0.3, -0.25) is 4.90 Å². The summed E-state index contributed by atoms with van der Waals surface area (Å²) < 4.78 is 5.84. The zero-order valence-electron chi connectivity index (χ0n) is 18.2. The van der Waals surface area contributed by atoms with Gasteiger partial charge in [0.2, 0.25) is 0 Å². The standard InChI is InChI=1S/C25H35NO5/c1-18-14-19(10-11-21(18)20-8-4-2-5-9-20)17-31-13-7-3-6-12-26-15-23(28)25(30)24(29)22(26)16-27/h2,4-5,8-11,14,22-25,27-30H,3,6-7,12-13,15-17H2,1H3/t22-,23+,24-,25-/m1/s1. The summed E-state index contributed by atoms with van der Waals surface area (Å²) in [6.45, 7) is 4.07. The molecule has 1 saturated heterocycles. The van der Waals surface area contributed by atoms with Gasteiger partial charge < -0.3 is 25.2 Å². The van der Waals surface area contributed by atoms with Crippen molar-refractivity contribution in [2.75, 3.05) is 26.3 Å². The number of piperidine rings is 1. The van der Waals surface area contributed by atoms with Crippen LogP contribution in [0.5, 0.6) is 0 Å². The normalized spacial score (nSPS) is 24.4. The molecule has 2 aromatic rings. The number of aryl methyl sites for hydroxylation is 1. The van der Waals surface area contributed by atoms with Crippen LogP contribution in [-0.2, 0) is 11.3 Å². The first-order valence-corrected chi connectivity index (χ1v) is 11.1. The average molecular weight is 430 g/mol. The lowest BCUT2D eigenvalue weighted by atomic mass is 9.94. The Morgan fingerprint density at radius 3 is 2.45 bits per heavy atom. The van der Waals surface area contributed by atoms with E-state index in [9.17, 15) is 20.4 Å². The molecule has 3 rings (SSSR count). The minimum absolute atomic E-state index is 0.240. The van der Waals surface area contributed by atoms with Gasteiger partial charge in [0.25, 0.3) is 0 Å². The minimum Gasteiger partial charge on any atom is -0.395 e. The van der Waals surface area contributed by atoms with E-state index >= 15 is 0 Å². The van der Waals surface area contributed by atoms with Gasteiger partial charge in [0.1, 0.15) is 12.2 Å². The molecule has 1 heterocycles. The highest BCUT2D eigenvalue weighted by Crippen LogP contribution is 2.24. The Labute approximate surface area is 184 Å². The fourth-order valence-electron chi connectivity index (χ4n) is 4.28. The van der Waals surface area contributed by atoms with E-state index in [0.29, 0.717) is 19.8 Å². The maximum atomic E-state index is 10.0. The second kappa shape index (κ2) is 11.7. The molecule has 6 heteroatoms. The van der Waals surface area contributed by atoms with E-state index in [-0.39, 0.29) is 13.2 Å². The molecule has 1 aliphatic heterocycles. The minimum atomic E-state index is -1.20. The Morgan fingerprint density at radius 2 is 1.74 bits per heavy atom. The zero-order chi connectivity index (χ0) is 22.2. The fraction of sp³-hybridized carbons (Fsp3) is 0.520. The molecule has 0 aliphatic carbocycles. The lowest BCUT2D eigenvalue weighted by Crippen LogP contribution is -2.62. The highest BCUT2D eigenvalue weighted by Gasteiger charge is 2.40. The molecular formula is C25H35NO5. The first kappa shape index (κ1) is 23.9. The molecule has 31 heavy (non-hydrogen) atoms. The monoisotopic (exact) mass is 429 g/mol. The Balaban J connectivity index is 1.35. The summed E-state index contributed by atoms with van der Waals surface area (Å²) >= 11 is 0. The molecule has 4 N–H and O–H groups in total. The van der Waals surface area contributed by atoms with E-state index in [0.717, 1.165) is 24.8 Å². The van der Waals surface area contributed by atoms with Crippen molar-refractivity contribution in [1.82, 2.24) is 4.90 Å². The number of β-amino-alcohol motifs (C(OH)–C–C–N with tert-alkyl or cyclic N) is 1. The first-order chi connectivity index (χ1) is 15.0. The zero-order valence-corrected chi connectivity index (χ0v) is 18.2. The number of nitrogens with zero attached hydrogens (tertiary/aromatic N) is 1. The molecule has 6 nitrogen and oxygen atoms in total. The van der Waals surface area contributed by atoms with E-state index in [1.165, 1.54) is 16.7 Å². The summed E-state index contributed by atoms with van der Waals surface area (Å²) in [5, 5.41) is 39.2. The molecule has 2 aromatic carbocycles. The summed E-state index contributed by atoms with van der Waals surface area (Å²) in [6.07, 6.45) is -0.568. The van der Waals surface area contributed by atoms with E-state index < -0.39 is 24.4 Å². The summed E-state index contributed by atoms with van der Waals surface area (Å²) in [4.78, 5) is 1.86. The molecule has 0 saturated carbocycles. The van der Waals surface area contributed by atoms with Crippen LogP contribution < -0.4 is 0 Å². The quantitative estimate of drug-likeness (QED) is 0.432. The Morgan fingerprint density at radius 1 is 0.968 bits per heavy atom. The number of rotatable bonds is 10. The van der Waals surface area contributed by atoms with Crippen LogP contribution in [0.25, 0.3) is 11.1 Å². The molecule has 0 spiro atoms. The van der Waals surface area contributed by atoms with Crippen molar-refractivity contribution in [2.24, 2.45) is 0 Å². The molecule has 1 aliphatic rings. The van der Waals surface area contributed by atoms with Crippen LogP contribution >= 0.6 is 0 Å². The number of ether oxygens (including phenoxy) is 1. The van der Waals surface area contributed by atoms with Gasteiger partial charge in [-0.1, -0.05) is 48.5 Å². The number of benzene rings is 2.